The van der Waals surface area contributed by atoms with E-state index in [2.05, 4.69) is 0 Å². The highest BCUT2D eigenvalue weighted by Gasteiger charge is 2.14. The number of hydrogen-bond donors (Lipinski definition) is 0. The second kappa shape index (κ2) is 5.79. The molecule has 0 fully saturated rings. The average molecular weight is 256 g/mol. The van der Waals surface area contributed by atoms with E-state index in [1.165, 1.54) is 0 Å². The molecule has 0 N–H and O–H groups in total. The number of hydrogen-bond acceptors (Lipinski definition) is 2. The Labute approximate surface area is 115 Å². The van der Waals surface area contributed by atoms with E-state index in [1.807, 2.05) is 75.4 Å². The van der Waals surface area contributed by atoms with E-state index in [1.54, 1.807) is 0 Å². The third kappa shape index (κ3) is 4.32. The van der Waals surface area contributed by atoms with Gasteiger partial charge in [0.15, 0.2) is 0 Å². The first-order chi connectivity index (χ1) is 9.04. The lowest BCUT2D eigenvalue weighted by molar-refractivity contribution is 0.127. The van der Waals surface area contributed by atoms with Crippen molar-refractivity contribution in [1.82, 2.24) is 0 Å². The van der Waals surface area contributed by atoms with Gasteiger partial charge in [0.1, 0.15) is 23.7 Å². The molecule has 0 atom stereocenters. The molecule has 0 aromatic heterocycles. The molecule has 0 aliphatic heterocycles. The van der Waals surface area contributed by atoms with Crippen molar-refractivity contribution in [2.75, 3.05) is 0 Å². The van der Waals surface area contributed by atoms with E-state index in [0.29, 0.717) is 6.61 Å². The molecule has 2 rings (SSSR count). The smallest absolute Gasteiger partial charge is 0.126 e. The van der Waals surface area contributed by atoms with E-state index in [0.717, 1.165) is 17.1 Å². The normalized spacial score (nSPS) is 11.1. The van der Waals surface area contributed by atoms with Crippen LogP contribution in [0.1, 0.15) is 26.3 Å². The molecular weight excluding hydrogens is 236 g/mol. The van der Waals surface area contributed by atoms with Crippen molar-refractivity contribution in [3.05, 3.63) is 60.2 Å². The molecular formula is C17H20O2. The summed E-state index contributed by atoms with van der Waals surface area (Å²) in [5, 5.41) is 0. The number of ether oxygens (including phenoxy) is 2. The van der Waals surface area contributed by atoms with Crippen LogP contribution < -0.4 is 9.47 Å². The lowest BCUT2D eigenvalue weighted by Gasteiger charge is -2.23. The Bertz CT molecular complexity index is 512. The quantitative estimate of drug-likeness (QED) is 0.805. The monoisotopic (exact) mass is 256 g/mol. The number of benzene rings is 2. The lowest BCUT2D eigenvalue weighted by atomic mass is 10.1. The van der Waals surface area contributed by atoms with Gasteiger partial charge in [-0.15, -0.1) is 0 Å². The molecule has 0 saturated carbocycles. The first-order valence-electron chi connectivity index (χ1n) is 6.49. The summed E-state index contributed by atoms with van der Waals surface area (Å²) in [7, 11) is 0. The van der Waals surface area contributed by atoms with Crippen LogP contribution in [-0.2, 0) is 6.61 Å². The second-order valence-corrected chi connectivity index (χ2v) is 5.42. The highest BCUT2D eigenvalue weighted by atomic mass is 16.5. The van der Waals surface area contributed by atoms with Crippen molar-refractivity contribution < 1.29 is 9.47 Å². The van der Waals surface area contributed by atoms with E-state index in [4.69, 9.17) is 9.47 Å². The SMILES string of the molecule is CC(C)(C)Oc1ccccc1COc1ccccc1. The molecule has 0 radical (unpaired) electrons. The van der Waals surface area contributed by atoms with Crippen LogP contribution in [0.2, 0.25) is 0 Å². The van der Waals surface area contributed by atoms with Crippen LogP contribution in [0.3, 0.4) is 0 Å². The zero-order valence-electron chi connectivity index (χ0n) is 11.7. The van der Waals surface area contributed by atoms with Crippen molar-refractivity contribution in [3.8, 4) is 11.5 Å². The molecule has 2 heteroatoms. The lowest BCUT2D eigenvalue weighted by Crippen LogP contribution is -2.23. The molecule has 2 aromatic rings. The highest BCUT2D eigenvalue weighted by molar-refractivity contribution is 5.34. The Morgan fingerprint density at radius 1 is 0.842 bits per heavy atom. The molecule has 100 valence electrons. The molecule has 0 aliphatic carbocycles. The minimum absolute atomic E-state index is 0.206. The first kappa shape index (κ1) is 13.5. The highest BCUT2D eigenvalue weighted by Crippen LogP contribution is 2.24. The van der Waals surface area contributed by atoms with Crippen LogP contribution in [0.15, 0.2) is 54.6 Å². The average Bonchev–Trinajstić information content (AvgIpc) is 2.37. The van der Waals surface area contributed by atoms with Crippen molar-refractivity contribution in [3.63, 3.8) is 0 Å². The van der Waals surface area contributed by atoms with Crippen LogP contribution in [0.4, 0.5) is 0 Å². The van der Waals surface area contributed by atoms with Gasteiger partial charge < -0.3 is 9.47 Å². The predicted octanol–water partition coefficient (Wildman–Crippen LogP) is 4.44. The van der Waals surface area contributed by atoms with Crippen LogP contribution >= 0.6 is 0 Å². The summed E-state index contributed by atoms with van der Waals surface area (Å²) in [4.78, 5) is 0. The Hall–Kier alpha value is -1.96. The van der Waals surface area contributed by atoms with Crippen molar-refractivity contribution in [2.45, 2.75) is 33.0 Å². The largest absolute Gasteiger partial charge is 0.489 e. The van der Waals surface area contributed by atoms with E-state index >= 15 is 0 Å². The fraction of sp³-hybridized carbons (Fsp3) is 0.294. The van der Waals surface area contributed by atoms with Gasteiger partial charge in [-0.3, -0.25) is 0 Å². The van der Waals surface area contributed by atoms with Crippen LogP contribution in [0.5, 0.6) is 11.5 Å². The topological polar surface area (TPSA) is 18.5 Å². The summed E-state index contributed by atoms with van der Waals surface area (Å²) >= 11 is 0. The third-order valence-electron chi connectivity index (χ3n) is 2.53. The fourth-order valence-corrected chi connectivity index (χ4v) is 1.73. The van der Waals surface area contributed by atoms with E-state index in [9.17, 15) is 0 Å². The van der Waals surface area contributed by atoms with Crippen molar-refractivity contribution in [2.24, 2.45) is 0 Å². The zero-order chi connectivity index (χ0) is 13.7. The summed E-state index contributed by atoms with van der Waals surface area (Å²) in [6.45, 7) is 6.64. The molecule has 19 heavy (non-hydrogen) atoms. The Balaban J connectivity index is 2.08. The fourth-order valence-electron chi connectivity index (χ4n) is 1.73. The van der Waals surface area contributed by atoms with Gasteiger partial charge in [-0.05, 0) is 39.0 Å². The van der Waals surface area contributed by atoms with Gasteiger partial charge in [0.2, 0.25) is 0 Å². The molecule has 0 aliphatic rings. The summed E-state index contributed by atoms with van der Waals surface area (Å²) in [6.07, 6.45) is 0. The number of rotatable bonds is 4. The van der Waals surface area contributed by atoms with Crippen molar-refractivity contribution in [1.29, 1.82) is 0 Å². The van der Waals surface area contributed by atoms with Gasteiger partial charge in [-0.2, -0.15) is 0 Å². The molecule has 0 heterocycles. The molecule has 0 amide bonds. The molecule has 0 saturated heterocycles. The summed E-state index contributed by atoms with van der Waals surface area (Å²) in [6, 6.07) is 17.8. The molecule has 0 spiro atoms. The first-order valence-corrected chi connectivity index (χ1v) is 6.49. The van der Waals surface area contributed by atoms with Gasteiger partial charge >= 0.3 is 0 Å². The molecule has 2 nitrogen and oxygen atoms in total. The Kier molecular flexibility index (Phi) is 4.10. The van der Waals surface area contributed by atoms with Crippen LogP contribution in [0, 0.1) is 0 Å². The summed E-state index contributed by atoms with van der Waals surface area (Å²) < 4.78 is 11.7. The second-order valence-electron chi connectivity index (χ2n) is 5.42. The van der Waals surface area contributed by atoms with E-state index in [-0.39, 0.29) is 5.60 Å². The van der Waals surface area contributed by atoms with Crippen LogP contribution in [0.25, 0.3) is 0 Å². The third-order valence-corrected chi connectivity index (χ3v) is 2.53. The van der Waals surface area contributed by atoms with Gasteiger partial charge in [0, 0.05) is 5.56 Å². The van der Waals surface area contributed by atoms with Gasteiger partial charge in [-0.1, -0.05) is 36.4 Å². The maximum absolute atomic E-state index is 5.94. The molecule has 2 aromatic carbocycles. The Morgan fingerprint density at radius 2 is 1.47 bits per heavy atom. The number of para-hydroxylation sites is 2. The van der Waals surface area contributed by atoms with Crippen molar-refractivity contribution >= 4 is 0 Å². The molecule has 0 unspecified atom stereocenters. The van der Waals surface area contributed by atoms with Gasteiger partial charge in [0.05, 0.1) is 0 Å². The van der Waals surface area contributed by atoms with E-state index < -0.39 is 0 Å². The standard InChI is InChI=1S/C17H20O2/c1-17(2,3)19-16-12-8-7-9-14(16)13-18-15-10-5-4-6-11-15/h4-12H,13H2,1-3H3. The minimum atomic E-state index is -0.206. The van der Waals surface area contributed by atoms with Gasteiger partial charge in [-0.25, -0.2) is 0 Å². The Morgan fingerprint density at radius 3 is 2.16 bits per heavy atom. The maximum Gasteiger partial charge on any atom is 0.126 e. The minimum Gasteiger partial charge on any atom is -0.489 e. The molecule has 0 bridgehead atoms. The predicted molar refractivity (Wildman–Crippen MR) is 77.6 cm³/mol. The summed E-state index contributed by atoms with van der Waals surface area (Å²) in [5.41, 5.74) is 0.851. The summed E-state index contributed by atoms with van der Waals surface area (Å²) in [5.74, 6) is 1.75. The van der Waals surface area contributed by atoms with Gasteiger partial charge in [0.25, 0.3) is 0 Å². The maximum atomic E-state index is 5.94. The van der Waals surface area contributed by atoms with Crippen LogP contribution in [-0.4, -0.2) is 5.60 Å². The zero-order valence-corrected chi connectivity index (χ0v) is 11.7.